The Kier molecular flexibility index (Phi) is 2.97. The van der Waals surface area contributed by atoms with Crippen LogP contribution in [0.3, 0.4) is 0 Å². The highest BCUT2D eigenvalue weighted by Crippen LogP contribution is 2.45. The van der Waals surface area contributed by atoms with Crippen LogP contribution in [0.25, 0.3) is 0 Å². The van der Waals surface area contributed by atoms with Crippen LogP contribution in [0.2, 0.25) is 0 Å². The molecule has 2 spiro atoms. The molecule has 2 heteroatoms. The predicted octanol–water partition coefficient (Wildman–Crippen LogP) is 3.64. The molecule has 1 saturated heterocycles. The van der Waals surface area contributed by atoms with Gasteiger partial charge in [0, 0.05) is 18.3 Å². The predicted molar refractivity (Wildman–Crippen MR) is 63.2 cm³/mol. The molecule has 3 rings (SSSR count). The van der Waals surface area contributed by atoms with Crippen molar-refractivity contribution >= 4 is 0 Å². The molecular weight excluding hydrogens is 200 g/mol. The first-order valence-corrected chi connectivity index (χ1v) is 7.11. The Hall–Kier alpha value is -0.0800. The maximum Gasteiger partial charge on any atom is 0.168 e. The van der Waals surface area contributed by atoms with Crippen molar-refractivity contribution in [2.24, 2.45) is 5.41 Å². The molecule has 0 aromatic rings. The molecule has 0 radical (unpaired) electrons. The average molecular weight is 224 g/mol. The molecule has 0 bridgehead atoms. The Bertz CT molecular complexity index is 199. The van der Waals surface area contributed by atoms with Gasteiger partial charge >= 0.3 is 0 Å². The summed E-state index contributed by atoms with van der Waals surface area (Å²) in [6.45, 7) is 1.93. The first-order chi connectivity index (χ1) is 7.83. The van der Waals surface area contributed by atoms with Crippen LogP contribution in [0.5, 0.6) is 0 Å². The van der Waals surface area contributed by atoms with E-state index >= 15 is 0 Å². The molecule has 2 nitrogen and oxygen atoms in total. The Labute approximate surface area is 98.7 Å². The Balaban J connectivity index is 1.61. The van der Waals surface area contributed by atoms with E-state index in [1.165, 1.54) is 51.4 Å². The maximum absolute atomic E-state index is 6.18. The Morgan fingerprint density at radius 3 is 1.62 bits per heavy atom. The summed E-state index contributed by atoms with van der Waals surface area (Å²) in [5, 5.41) is 0. The van der Waals surface area contributed by atoms with E-state index in [2.05, 4.69) is 0 Å². The molecule has 3 fully saturated rings. The van der Waals surface area contributed by atoms with Gasteiger partial charge in [-0.25, -0.2) is 0 Å². The van der Waals surface area contributed by atoms with Gasteiger partial charge in [-0.2, -0.15) is 0 Å². The molecule has 1 aliphatic heterocycles. The second-order valence-corrected chi connectivity index (χ2v) is 6.11. The second-order valence-electron chi connectivity index (χ2n) is 6.11. The van der Waals surface area contributed by atoms with Crippen molar-refractivity contribution in [2.45, 2.75) is 70.0 Å². The van der Waals surface area contributed by atoms with Crippen molar-refractivity contribution < 1.29 is 9.47 Å². The van der Waals surface area contributed by atoms with Crippen LogP contribution in [-0.4, -0.2) is 19.0 Å². The lowest BCUT2D eigenvalue weighted by Gasteiger charge is -2.49. The van der Waals surface area contributed by atoms with Gasteiger partial charge in [0.1, 0.15) is 0 Å². The third-order valence-corrected chi connectivity index (χ3v) is 4.81. The molecule has 3 aliphatic rings. The third kappa shape index (κ3) is 2.02. The second kappa shape index (κ2) is 4.30. The molecule has 0 aromatic carbocycles. The topological polar surface area (TPSA) is 18.5 Å². The molecule has 92 valence electrons. The lowest BCUT2D eigenvalue weighted by molar-refractivity contribution is -0.318. The molecule has 2 aliphatic carbocycles. The quantitative estimate of drug-likeness (QED) is 0.625. The van der Waals surface area contributed by atoms with E-state index in [-0.39, 0.29) is 5.79 Å². The van der Waals surface area contributed by atoms with Gasteiger partial charge in [-0.1, -0.05) is 25.7 Å². The number of rotatable bonds is 0. The molecule has 0 atom stereocenters. The number of ether oxygens (including phenoxy) is 2. The van der Waals surface area contributed by atoms with Crippen LogP contribution in [0, 0.1) is 5.41 Å². The minimum Gasteiger partial charge on any atom is -0.349 e. The highest BCUT2D eigenvalue weighted by Gasteiger charge is 2.45. The van der Waals surface area contributed by atoms with Crippen LogP contribution in [0.15, 0.2) is 0 Å². The molecule has 0 amide bonds. The third-order valence-electron chi connectivity index (χ3n) is 4.81. The summed E-state index contributed by atoms with van der Waals surface area (Å²) in [6.07, 6.45) is 13.0. The fourth-order valence-electron chi connectivity index (χ4n) is 3.62. The van der Waals surface area contributed by atoms with Gasteiger partial charge < -0.3 is 9.47 Å². The van der Waals surface area contributed by atoms with E-state index < -0.39 is 0 Å². The monoisotopic (exact) mass is 224 g/mol. The van der Waals surface area contributed by atoms with E-state index in [1.54, 1.807) is 0 Å². The van der Waals surface area contributed by atoms with Gasteiger partial charge in [-0.05, 0) is 25.7 Å². The van der Waals surface area contributed by atoms with Gasteiger partial charge in [-0.15, -0.1) is 0 Å². The van der Waals surface area contributed by atoms with Crippen LogP contribution in [0.1, 0.15) is 64.2 Å². The standard InChI is InChI=1S/C14H24O2/c1-3-7-13(8-4-1)11-15-14(16-12-13)9-5-2-6-10-14/h1-12H2. The minimum atomic E-state index is -0.166. The number of hydrogen-bond acceptors (Lipinski definition) is 2. The first kappa shape index (κ1) is 11.0. The molecule has 0 N–H and O–H groups in total. The highest BCUT2D eigenvalue weighted by atomic mass is 16.7. The van der Waals surface area contributed by atoms with E-state index in [4.69, 9.17) is 9.47 Å². The molecule has 2 saturated carbocycles. The normalized spacial score (nSPS) is 33.0. The van der Waals surface area contributed by atoms with Gasteiger partial charge in [0.05, 0.1) is 13.2 Å². The van der Waals surface area contributed by atoms with Crippen molar-refractivity contribution in [1.82, 2.24) is 0 Å². The Morgan fingerprint density at radius 1 is 0.562 bits per heavy atom. The van der Waals surface area contributed by atoms with Crippen molar-refractivity contribution in [3.05, 3.63) is 0 Å². The maximum atomic E-state index is 6.18. The Morgan fingerprint density at radius 2 is 1.06 bits per heavy atom. The van der Waals surface area contributed by atoms with Crippen LogP contribution in [0.4, 0.5) is 0 Å². The molecule has 0 unspecified atom stereocenters. The van der Waals surface area contributed by atoms with Crippen LogP contribution < -0.4 is 0 Å². The van der Waals surface area contributed by atoms with Gasteiger partial charge in [-0.3, -0.25) is 0 Å². The fraction of sp³-hybridized carbons (Fsp3) is 1.00. The van der Waals surface area contributed by atoms with E-state index in [0.717, 1.165) is 26.1 Å². The van der Waals surface area contributed by atoms with Crippen molar-refractivity contribution in [1.29, 1.82) is 0 Å². The lowest BCUT2D eigenvalue weighted by Crippen LogP contribution is -2.51. The zero-order valence-corrected chi connectivity index (χ0v) is 10.3. The smallest absolute Gasteiger partial charge is 0.168 e. The van der Waals surface area contributed by atoms with Crippen molar-refractivity contribution in [2.75, 3.05) is 13.2 Å². The number of hydrogen-bond donors (Lipinski definition) is 0. The highest BCUT2D eigenvalue weighted by molar-refractivity contribution is 4.89. The molecule has 16 heavy (non-hydrogen) atoms. The molecule has 0 aromatic heterocycles. The van der Waals surface area contributed by atoms with Gasteiger partial charge in [0.15, 0.2) is 5.79 Å². The zero-order valence-electron chi connectivity index (χ0n) is 10.3. The SMILES string of the molecule is C1CCC2(CC1)COC1(CCCCC1)OC2. The summed E-state index contributed by atoms with van der Waals surface area (Å²) < 4.78 is 12.4. The summed E-state index contributed by atoms with van der Waals surface area (Å²) >= 11 is 0. The van der Waals surface area contributed by atoms with Crippen molar-refractivity contribution in [3.63, 3.8) is 0 Å². The largest absolute Gasteiger partial charge is 0.349 e. The first-order valence-electron chi connectivity index (χ1n) is 7.11. The van der Waals surface area contributed by atoms with Crippen LogP contribution in [-0.2, 0) is 9.47 Å². The summed E-state index contributed by atoms with van der Waals surface area (Å²) in [6, 6.07) is 0. The van der Waals surface area contributed by atoms with Gasteiger partial charge in [0.25, 0.3) is 0 Å². The summed E-state index contributed by atoms with van der Waals surface area (Å²) in [5.41, 5.74) is 0.390. The average Bonchev–Trinajstić information content (AvgIpc) is 2.36. The van der Waals surface area contributed by atoms with Crippen LogP contribution >= 0.6 is 0 Å². The summed E-state index contributed by atoms with van der Waals surface area (Å²) in [5.74, 6) is -0.166. The van der Waals surface area contributed by atoms with E-state index in [9.17, 15) is 0 Å². The van der Waals surface area contributed by atoms with Gasteiger partial charge in [0.2, 0.25) is 0 Å². The lowest BCUT2D eigenvalue weighted by atomic mass is 9.74. The molecule has 1 heterocycles. The van der Waals surface area contributed by atoms with E-state index in [0.29, 0.717) is 5.41 Å². The summed E-state index contributed by atoms with van der Waals surface area (Å²) in [4.78, 5) is 0. The fourth-order valence-corrected chi connectivity index (χ4v) is 3.62. The van der Waals surface area contributed by atoms with Crippen molar-refractivity contribution in [3.8, 4) is 0 Å². The zero-order chi connectivity index (χ0) is 10.9. The minimum absolute atomic E-state index is 0.166. The summed E-state index contributed by atoms with van der Waals surface area (Å²) in [7, 11) is 0. The van der Waals surface area contributed by atoms with E-state index in [1.807, 2.05) is 0 Å². The molecular formula is C14H24O2.